The highest BCUT2D eigenvalue weighted by molar-refractivity contribution is 5.38. The van der Waals surface area contributed by atoms with Crippen molar-refractivity contribution in [1.29, 1.82) is 0 Å². The summed E-state index contributed by atoms with van der Waals surface area (Å²) in [4.78, 5) is 2.40. The van der Waals surface area contributed by atoms with E-state index in [-0.39, 0.29) is 0 Å². The maximum atomic E-state index is 5.41. The third kappa shape index (κ3) is 6.31. The van der Waals surface area contributed by atoms with Crippen molar-refractivity contribution < 1.29 is 4.74 Å². The lowest BCUT2D eigenvalue weighted by molar-refractivity contribution is 0.308. The van der Waals surface area contributed by atoms with Gasteiger partial charge >= 0.3 is 0 Å². The van der Waals surface area contributed by atoms with Gasteiger partial charge in [-0.15, -0.1) is 0 Å². The topological polar surface area (TPSA) is 12.5 Å². The Kier molecular flexibility index (Phi) is 7.77. The Hall–Kier alpha value is -1.46. The molecule has 0 saturated heterocycles. The van der Waals surface area contributed by atoms with Gasteiger partial charge in [0.1, 0.15) is 5.75 Å². The summed E-state index contributed by atoms with van der Waals surface area (Å²) < 4.78 is 5.41. The number of benzene rings is 1. The summed E-state index contributed by atoms with van der Waals surface area (Å²) in [6, 6.07) is 7.98. The first-order valence-corrected chi connectivity index (χ1v) is 7.24. The van der Waals surface area contributed by atoms with Gasteiger partial charge < -0.3 is 4.74 Å². The lowest BCUT2D eigenvalue weighted by Gasteiger charge is -2.17. The van der Waals surface area contributed by atoms with E-state index in [0.717, 1.165) is 30.9 Å². The summed E-state index contributed by atoms with van der Waals surface area (Å²) in [6.45, 7) is 10.2. The van der Waals surface area contributed by atoms with Crippen molar-refractivity contribution in [2.75, 3.05) is 26.2 Å². The molecule has 2 heteroatoms. The van der Waals surface area contributed by atoms with Crippen molar-refractivity contribution in [2.24, 2.45) is 0 Å². The van der Waals surface area contributed by atoms with Gasteiger partial charge in [-0.2, -0.15) is 0 Å². The molecular weight excluding hydrogens is 234 g/mol. The van der Waals surface area contributed by atoms with Crippen molar-refractivity contribution in [3.8, 4) is 17.6 Å². The maximum Gasteiger partial charge on any atom is 0.119 e. The lowest BCUT2D eigenvalue weighted by atomic mass is 10.2. The molecule has 0 heterocycles. The Bertz CT molecular complexity index is 394. The van der Waals surface area contributed by atoms with Crippen LogP contribution in [0.4, 0.5) is 0 Å². The van der Waals surface area contributed by atoms with Gasteiger partial charge in [0.05, 0.1) is 13.2 Å². The molecule has 0 amide bonds. The van der Waals surface area contributed by atoms with Crippen LogP contribution in [-0.4, -0.2) is 31.1 Å². The van der Waals surface area contributed by atoms with E-state index in [9.17, 15) is 0 Å². The molecule has 0 saturated carbocycles. The zero-order chi connectivity index (χ0) is 13.9. The molecule has 1 rings (SSSR count). The predicted molar refractivity (Wildman–Crippen MR) is 81.5 cm³/mol. The summed E-state index contributed by atoms with van der Waals surface area (Å²) in [6.07, 6.45) is 2.37. The molecule has 0 fully saturated rings. The molecule has 0 N–H and O–H groups in total. The second kappa shape index (κ2) is 9.47. The average Bonchev–Trinajstić information content (AvgIpc) is 2.41. The molecule has 0 unspecified atom stereocenters. The van der Waals surface area contributed by atoms with Crippen LogP contribution in [0.2, 0.25) is 0 Å². The molecule has 0 radical (unpaired) electrons. The van der Waals surface area contributed by atoms with Gasteiger partial charge in [0.15, 0.2) is 0 Å². The van der Waals surface area contributed by atoms with Gasteiger partial charge in [0.25, 0.3) is 0 Å². The molecule has 0 aromatic heterocycles. The quantitative estimate of drug-likeness (QED) is 0.694. The molecule has 0 aliphatic carbocycles. The van der Waals surface area contributed by atoms with Crippen molar-refractivity contribution in [3.05, 3.63) is 29.8 Å². The van der Waals surface area contributed by atoms with Gasteiger partial charge in [0.2, 0.25) is 0 Å². The fourth-order valence-corrected chi connectivity index (χ4v) is 1.96. The van der Waals surface area contributed by atoms with Crippen molar-refractivity contribution in [1.82, 2.24) is 4.90 Å². The van der Waals surface area contributed by atoms with E-state index >= 15 is 0 Å². The predicted octanol–water partition coefficient (Wildman–Crippen LogP) is 3.56. The van der Waals surface area contributed by atoms with Crippen LogP contribution in [0, 0.1) is 11.8 Å². The van der Waals surface area contributed by atoms with Crippen LogP contribution in [-0.2, 0) is 0 Å². The Labute approximate surface area is 117 Å². The summed E-state index contributed by atoms with van der Waals surface area (Å²) in [7, 11) is 0. The minimum atomic E-state index is 0.702. The molecule has 0 spiro atoms. The van der Waals surface area contributed by atoms with E-state index in [1.54, 1.807) is 0 Å². The van der Waals surface area contributed by atoms with Crippen molar-refractivity contribution in [3.63, 3.8) is 0 Å². The zero-order valence-corrected chi connectivity index (χ0v) is 12.4. The van der Waals surface area contributed by atoms with Crippen molar-refractivity contribution >= 4 is 0 Å². The Balaban J connectivity index is 2.51. The molecule has 0 atom stereocenters. The second-order valence-corrected chi connectivity index (χ2v) is 4.54. The van der Waals surface area contributed by atoms with Gasteiger partial charge in [0, 0.05) is 5.56 Å². The van der Waals surface area contributed by atoms with E-state index in [2.05, 4.69) is 30.6 Å². The zero-order valence-electron chi connectivity index (χ0n) is 12.4. The van der Waals surface area contributed by atoms with Gasteiger partial charge in [-0.05, 0) is 57.1 Å². The molecule has 19 heavy (non-hydrogen) atoms. The summed E-state index contributed by atoms with van der Waals surface area (Å²) in [5.41, 5.74) is 1.05. The third-order valence-corrected chi connectivity index (χ3v) is 2.78. The average molecular weight is 259 g/mol. The van der Waals surface area contributed by atoms with E-state index in [1.807, 2.05) is 31.2 Å². The van der Waals surface area contributed by atoms with Crippen LogP contribution in [0.1, 0.15) is 39.2 Å². The Morgan fingerprint density at radius 2 is 1.63 bits per heavy atom. The minimum absolute atomic E-state index is 0.702. The Morgan fingerprint density at radius 3 is 2.16 bits per heavy atom. The van der Waals surface area contributed by atoms with Gasteiger partial charge in [-0.3, -0.25) is 4.90 Å². The highest BCUT2D eigenvalue weighted by Gasteiger charge is 1.98. The molecule has 104 valence electrons. The standard InChI is InChI=1S/C17H25NO/c1-4-13-18(14-5-2)15-7-8-16-9-11-17(12-10-16)19-6-3/h9-12H,4-6,13-15H2,1-3H3. The van der Waals surface area contributed by atoms with Gasteiger partial charge in [-0.1, -0.05) is 25.7 Å². The second-order valence-electron chi connectivity index (χ2n) is 4.54. The Morgan fingerprint density at radius 1 is 1.00 bits per heavy atom. The van der Waals surface area contributed by atoms with Crippen LogP contribution in [0.5, 0.6) is 5.75 Å². The monoisotopic (exact) mass is 259 g/mol. The van der Waals surface area contributed by atoms with Gasteiger partial charge in [-0.25, -0.2) is 0 Å². The summed E-state index contributed by atoms with van der Waals surface area (Å²) >= 11 is 0. The van der Waals surface area contributed by atoms with Crippen LogP contribution in [0.15, 0.2) is 24.3 Å². The first-order valence-electron chi connectivity index (χ1n) is 7.24. The fraction of sp³-hybridized carbons (Fsp3) is 0.529. The number of rotatable bonds is 7. The normalized spacial score (nSPS) is 10.1. The largest absolute Gasteiger partial charge is 0.494 e. The van der Waals surface area contributed by atoms with E-state index < -0.39 is 0 Å². The molecule has 0 aliphatic heterocycles. The molecular formula is C17H25NO. The van der Waals surface area contributed by atoms with Crippen molar-refractivity contribution in [2.45, 2.75) is 33.6 Å². The van der Waals surface area contributed by atoms with Crippen LogP contribution in [0.25, 0.3) is 0 Å². The minimum Gasteiger partial charge on any atom is -0.494 e. The first-order chi connectivity index (χ1) is 9.30. The molecule has 2 nitrogen and oxygen atoms in total. The molecule has 1 aromatic rings. The number of hydrogen-bond donors (Lipinski definition) is 0. The van der Waals surface area contributed by atoms with E-state index in [1.165, 1.54) is 12.8 Å². The number of nitrogens with zero attached hydrogens (tertiary/aromatic N) is 1. The van der Waals surface area contributed by atoms with Crippen LogP contribution in [0.3, 0.4) is 0 Å². The maximum absolute atomic E-state index is 5.41. The fourth-order valence-electron chi connectivity index (χ4n) is 1.96. The molecule has 1 aromatic carbocycles. The van der Waals surface area contributed by atoms with E-state index in [0.29, 0.717) is 6.61 Å². The SMILES string of the molecule is CCCN(CC#Cc1ccc(OCC)cc1)CCC. The smallest absolute Gasteiger partial charge is 0.119 e. The highest BCUT2D eigenvalue weighted by Crippen LogP contribution is 2.11. The molecule has 0 aliphatic rings. The summed E-state index contributed by atoms with van der Waals surface area (Å²) in [5, 5.41) is 0. The lowest BCUT2D eigenvalue weighted by Crippen LogP contribution is -2.25. The molecule has 0 bridgehead atoms. The number of hydrogen-bond acceptors (Lipinski definition) is 2. The highest BCUT2D eigenvalue weighted by atomic mass is 16.5. The first kappa shape index (κ1) is 15.6. The third-order valence-electron chi connectivity index (χ3n) is 2.78. The van der Waals surface area contributed by atoms with Crippen LogP contribution >= 0.6 is 0 Å². The van der Waals surface area contributed by atoms with Crippen LogP contribution < -0.4 is 4.74 Å². The summed E-state index contributed by atoms with van der Waals surface area (Å²) in [5.74, 6) is 7.38. The number of ether oxygens (including phenoxy) is 1. The van der Waals surface area contributed by atoms with E-state index in [4.69, 9.17) is 4.74 Å².